The monoisotopic (exact) mass is 438 g/mol. The maximum absolute atomic E-state index is 10.8. The summed E-state index contributed by atoms with van der Waals surface area (Å²) in [6, 6.07) is 1.48. The van der Waals surface area contributed by atoms with E-state index < -0.39 is 5.57 Å². The molecule has 0 unspecified atom stereocenters. The van der Waals surface area contributed by atoms with E-state index in [1.165, 1.54) is 76.3 Å². The lowest BCUT2D eigenvalue weighted by Gasteiger charge is -2.12. The van der Waals surface area contributed by atoms with Crippen LogP contribution in [0.3, 0.4) is 0 Å². The SMILES string of the molecule is C=CC(=O)OCCCCCCCCCCCCC[Si](C)(C)I. The molecule has 0 aliphatic carbocycles. The van der Waals surface area contributed by atoms with Gasteiger partial charge in [0.25, 0.3) is 0 Å². The standard InChI is InChI=1S/C18H35IO2Si/c1-4-18(20)21-16-14-12-10-8-6-5-7-9-11-13-15-17-22(2,3)19/h4H,1,5-17H2,2-3H3. The summed E-state index contributed by atoms with van der Waals surface area (Å²) in [5, 5.41) is 0. The molecule has 0 spiro atoms. The Morgan fingerprint density at radius 1 is 0.909 bits per heavy atom. The topological polar surface area (TPSA) is 26.3 Å². The third-order valence-electron chi connectivity index (χ3n) is 3.83. The fraction of sp³-hybridized carbons (Fsp3) is 0.833. The summed E-state index contributed by atoms with van der Waals surface area (Å²) in [4.78, 5) is 10.8. The third kappa shape index (κ3) is 18.2. The zero-order chi connectivity index (χ0) is 16.7. The van der Waals surface area contributed by atoms with E-state index in [1.54, 1.807) is 0 Å². The average molecular weight is 438 g/mol. The van der Waals surface area contributed by atoms with Crippen LogP contribution in [0.5, 0.6) is 0 Å². The van der Waals surface area contributed by atoms with Gasteiger partial charge in [0.05, 0.1) is 6.61 Å². The summed E-state index contributed by atoms with van der Waals surface area (Å²) in [6.45, 7) is 8.83. The van der Waals surface area contributed by atoms with E-state index >= 15 is 0 Å². The number of esters is 1. The van der Waals surface area contributed by atoms with Gasteiger partial charge in [0, 0.05) is 6.08 Å². The van der Waals surface area contributed by atoms with E-state index in [0.717, 1.165) is 6.42 Å². The van der Waals surface area contributed by atoms with E-state index in [1.807, 2.05) is 0 Å². The van der Waals surface area contributed by atoms with Crippen molar-refractivity contribution in [2.75, 3.05) is 6.61 Å². The van der Waals surface area contributed by atoms with E-state index in [0.29, 0.717) is 6.61 Å². The number of rotatable bonds is 15. The van der Waals surface area contributed by atoms with Crippen LogP contribution in [-0.2, 0) is 9.53 Å². The molecule has 0 aliphatic heterocycles. The van der Waals surface area contributed by atoms with Crippen molar-refractivity contribution in [2.24, 2.45) is 0 Å². The quantitative estimate of drug-likeness (QED) is 0.0715. The summed E-state index contributed by atoms with van der Waals surface area (Å²) in [7, 11) is 0. The first-order valence-electron chi connectivity index (χ1n) is 8.94. The van der Waals surface area contributed by atoms with Crippen LogP contribution in [0.4, 0.5) is 0 Å². The van der Waals surface area contributed by atoms with Crippen LogP contribution in [0.2, 0.25) is 19.1 Å². The van der Waals surface area contributed by atoms with Gasteiger partial charge in [-0.15, -0.1) is 21.8 Å². The normalized spacial score (nSPS) is 11.4. The van der Waals surface area contributed by atoms with E-state index in [4.69, 9.17) is 4.74 Å². The summed E-state index contributed by atoms with van der Waals surface area (Å²) in [5.41, 5.74) is -0.828. The second-order valence-electron chi connectivity index (χ2n) is 6.73. The summed E-state index contributed by atoms with van der Waals surface area (Å²) >= 11 is 2.69. The molecule has 0 aliphatic rings. The minimum Gasteiger partial charge on any atom is -0.463 e. The highest BCUT2D eigenvalue weighted by Crippen LogP contribution is 2.21. The molecule has 0 atom stereocenters. The number of carbonyl (C=O) groups is 1. The Morgan fingerprint density at radius 2 is 1.32 bits per heavy atom. The number of hydrogen-bond donors (Lipinski definition) is 0. The maximum atomic E-state index is 10.8. The van der Waals surface area contributed by atoms with Gasteiger partial charge < -0.3 is 4.74 Å². The van der Waals surface area contributed by atoms with Crippen molar-refractivity contribution in [3.63, 3.8) is 0 Å². The highest BCUT2D eigenvalue weighted by molar-refractivity contribution is 14.1. The van der Waals surface area contributed by atoms with Gasteiger partial charge >= 0.3 is 5.97 Å². The lowest BCUT2D eigenvalue weighted by atomic mass is 10.1. The molecule has 0 aromatic heterocycles. The van der Waals surface area contributed by atoms with Crippen molar-refractivity contribution in [1.29, 1.82) is 0 Å². The minimum atomic E-state index is -0.828. The average Bonchev–Trinajstić information content (AvgIpc) is 2.46. The number of halogens is 1. The van der Waals surface area contributed by atoms with Gasteiger partial charge in [-0.3, -0.25) is 0 Å². The van der Waals surface area contributed by atoms with Gasteiger partial charge in [0.1, 0.15) is 5.57 Å². The van der Waals surface area contributed by atoms with Crippen molar-refractivity contribution in [1.82, 2.24) is 0 Å². The van der Waals surface area contributed by atoms with Gasteiger partial charge in [-0.05, 0) is 12.5 Å². The molecular formula is C18H35IO2Si. The fourth-order valence-corrected chi connectivity index (χ4v) is 4.71. The van der Waals surface area contributed by atoms with Gasteiger partial charge in [-0.1, -0.05) is 83.9 Å². The summed E-state index contributed by atoms with van der Waals surface area (Å²) < 4.78 is 4.95. The molecule has 0 amide bonds. The van der Waals surface area contributed by atoms with Crippen molar-refractivity contribution >= 4 is 33.3 Å². The van der Waals surface area contributed by atoms with Gasteiger partial charge in [0.15, 0.2) is 0 Å². The first-order valence-corrected chi connectivity index (χ1v) is 15.3. The van der Waals surface area contributed by atoms with Crippen LogP contribution in [-0.4, -0.2) is 18.1 Å². The van der Waals surface area contributed by atoms with Gasteiger partial charge in [-0.2, -0.15) is 0 Å². The summed E-state index contributed by atoms with van der Waals surface area (Å²) in [6.07, 6.45) is 15.8. The first kappa shape index (κ1) is 22.2. The van der Waals surface area contributed by atoms with Gasteiger partial charge in [-0.25, -0.2) is 4.79 Å². The van der Waals surface area contributed by atoms with Crippen LogP contribution in [0.1, 0.15) is 70.6 Å². The Morgan fingerprint density at radius 3 is 1.73 bits per heavy atom. The predicted octanol–water partition coefficient (Wildman–Crippen LogP) is 6.65. The number of hydrogen-bond acceptors (Lipinski definition) is 2. The molecule has 0 aromatic carbocycles. The lowest BCUT2D eigenvalue weighted by Crippen LogP contribution is -2.13. The molecule has 0 rings (SSSR count). The molecule has 2 nitrogen and oxygen atoms in total. The van der Waals surface area contributed by atoms with Crippen molar-refractivity contribution in [2.45, 2.75) is 89.8 Å². The van der Waals surface area contributed by atoms with E-state index in [-0.39, 0.29) is 5.97 Å². The molecule has 0 N–H and O–H groups in total. The second kappa shape index (κ2) is 14.7. The van der Waals surface area contributed by atoms with Crippen LogP contribution < -0.4 is 0 Å². The van der Waals surface area contributed by atoms with Crippen LogP contribution in [0.15, 0.2) is 12.7 Å². The molecule has 130 valence electrons. The molecule has 0 fully saturated rings. The summed E-state index contributed by atoms with van der Waals surface area (Å²) in [5.74, 6) is -0.301. The highest BCUT2D eigenvalue weighted by Gasteiger charge is 2.14. The van der Waals surface area contributed by atoms with Crippen LogP contribution >= 0.6 is 21.8 Å². The minimum absolute atomic E-state index is 0.301. The molecule has 0 saturated heterocycles. The van der Waals surface area contributed by atoms with Crippen molar-refractivity contribution in [3.05, 3.63) is 12.7 Å². The number of carbonyl (C=O) groups excluding carboxylic acids is 1. The number of unbranched alkanes of at least 4 members (excludes halogenated alkanes) is 10. The molecule has 0 heterocycles. The predicted molar refractivity (Wildman–Crippen MR) is 108 cm³/mol. The third-order valence-corrected chi connectivity index (χ3v) is 6.99. The molecule has 4 heteroatoms. The zero-order valence-corrected chi connectivity index (χ0v) is 17.8. The zero-order valence-electron chi connectivity index (χ0n) is 14.7. The Balaban J connectivity index is 3.09. The highest BCUT2D eigenvalue weighted by atomic mass is 127. The Kier molecular flexibility index (Phi) is 14.8. The van der Waals surface area contributed by atoms with Crippen molar-refractivity contribution < 1.29 is 9.53 Å². The first-order chi connectivity index (χ1) is 10.5. The lowest BCUT2D eigenvalue weighted by molar-refractivity contribution is -0.137. The Bertz CT molecular complexity index is 287. The largest absolute Gasteiger partial charge is 0.463 e. The van der Waals surface area contributed by atoms with Crippen molar-refractivity contribution in [3.8, 4) is 0 Å². The second-order valence-corrected chi connectivity index (χ2v) is 19.4. The smallest absolute Gasteiger partial charge is 0.330 e. The van der Waals surface area contributed by atoms with E-state index in [9.17, 15) is 4.79 Å². The molecule has 0 aromatic rings. The Hall–Kier alpha value is 0.157. The fourth-order valence-electron chi connectivity index (χ4n) is 2.47. The molecular weight excluding hydrogens is 403 g/mol. The molecule has 22 heavy (non-hydrogen) atoms. The Labute approximate surface area is 151 Å². The number of ether oxygens (including phenoxy) is 1. The van der Waals surface area contributed by atoms with E-state index in [2.05, 4.69) is 41.5 Å². The van der Waals surface area contributed by atoms with Gasteiger partial charge in [0.2, 0.25) is 0 Å². The molecule has 0 bridgehead atoms. The maximum Gasteiger partial charge on any atom is 0.330 e. The van der Waals surface area contributed by atoms with Crippen LogP contribution in [0.25, 0.3) is 0 Å². The van der Waals surface area contributed by atoms with Crippen LogP contribution in [0, 0.1) is 0 Å². The molecule has 0 radical (unpaired) electrons. The molecule has 0 saturated carbocycles.